The van der Waals surface area contributed by atoms with Crippen molar-refractivity contribution >= 4 is 45.0 Å². The van der Waals surface area contributed by atoms with Crippen LogP contribution in [0.15, 0.2) is 41.0 Å². The largest absolute Gasteiger partial charge is 0.324 e. The van der Waals surface area contributed by atoms with Gasteiger partial charge in [0.15, 0.2) is 17.4 Å². The van der Waals surface area contributed by atoms with Gasteiger partial charge in [0.25, 0.3) is 0 Å². The number of carbonyl (C=O) groups excluding carboxylic acids is 1. The summed E-state index contributed by atoms with van der Waals surface area (Å²) in [5.41, 5.74) is 2.64. The van der Waals surface area contributed by atoms with Crippen LogP contribution in [0, 0.1) is 5.92 Å². The Morgan fingerprint density at radius 2 is 2.10 bits per heavy atom. The van der Waals surface area contributed by atoms with Crippen LogP contribution in [-0.2, 0) is 0 Å². The number of halogens is 1. The van der Waals surface area contributed by atoms with Gasteiger partial charge < -0.3 is 16.0 Å². The van der Waals surface area contributed by atoms with Crippen molar-refractivity contribution in [1.29, 1.82) is 0 Å². The van der Waals surface area contributed by atoms with Crippen LogP contribution in [0.2, 0.25) is 0 Å². The van der Waals surface area contributed by atoms with Gasteiger partial charge in [-0.25, -0.2) is 4.98 Å². The molecule has 1 aliphatic heterocycles. The van der Waals surface area contributed by atoms with Gasteiger partial charge in [-0.1, -0.05) is 12.1 Å². The van der Waals surface area contributed by atoms with E-state index in [-0.39, 0.29) is 5.78 Å². The van der Waals surface area contributed by atoms with E-state index in [0.29, 0.717) is 35.6 Å². The summed E-state index contributed by atoms with van der Waals surface area (Å²) in [5, 5.41) is 17.2. The summed E-state index contributed by atoms with van der Waals surface area (Å²) in [6.45, 7) is 1.92. The molecule has 1 saturated heterocycles. The highest BCUT2D eigenvalue weighted by Crippen LogP contribution is 2.39. The minimum Gasteiger partial charge on any atom is -0.324 e. The monoisotopic (exact) mass is 481 g/mol. The van der Waals surface area contributed by atoms with E-state index in [9.17, 15) is 4.79 Å². The SMILES string of the molecule is O=C(C[C@H]1CCNC1)c1cccc(Nc2ncc(Br)c(Nc3cc(C4CC4)[nH]n3)n2)c1. The van der Waals surface area contributed by atoms with E-state index >= 15 is 0 Å². The van der Waals surface area contributed by atoms with Gasteiger partial charge in [0.1, 0.15) is 0 Å². The molecule has 8 nitrogen and oxygen atoms in total. The highest BCUT2D eigenvalue weighted by Gasteiger charge is 2.25. The molecule has 0 amide bonds. The number of nitrogens with zero attached hydrogens (tertiary/aromatic N) is 3. The van der Waals surface area contributed by atoms with Crippen LogP contribution in [-0.4, -0.2) is 39.0 Å². The molecule has 2 fully saturated rings. The molecule has 0 unspecified atom stereocenters. The second-order valence-corrected chi connectivity index (χ2v) is 9.04. The van der Waals surface area contributed by atoms with Crippen molar-refractivity contribution in [2.75, 3.05) is 23.7 Å². The molecule has 5 rings (SSSR count). The van der Waals surface area contributed by atoms with Crippen molar-refractivity contribution in [3.63, 3.8) is 0 Å². The lowest BCUT2D eigenvalue weighted by Gasteiger charge is -2.11. The average molecular weight is 482 g/mol. The Kier molecular flexibility index (Phi) is 5.69. The Hall–Kier alpha value is -2.78. The molecule has 4 N–H and O–H groups in total. The van der Waals surface area contributed by atoms with Crippen LogP contribution in [0.3, 0.4) is 0 Å². The zero-order chi connectivity index (χ0) is 21.2. The van der Waals surface area contributed by atoms with Gasteiger partial charge in [0.2, 0.25) is 5.95 Å². The molecule has 0 spiro atoms. The molecule has 3 aromatic rings. The molecule has 2 aliphatic rings. The topological polar surface area (TPSA) is 108 Å². The number of anilines is 4. The van der Waals surface area contributed by atoms with E-state index in [1.807, 2.05) is 30.3 Å². The molecule has 9 heteroatoms. The summed E-state index contributed by atoms with van der Waals surface area (Å²) < 4.78 is 0.739. The average Bonchev–Trinajstić information content (AvgIpc) is 3.29. The standard InChI is InChI=1S/C22H24BrN7O/c23-17-12-25-22(28-21(17)27-20-10-18(29-30-20)14-4-5-14)26-16-3-1-2-15(9-16)19(31)8-13-6-7-24-11-13/h1-3,9-10,12-14,24H,4-8,11H2,(H3,25,26,27,28,29,30)/t13-/m1/s1. The number of aromatic nitrogens is 4. The molecule has 1 atom stereocenters. The van der Waals surface area contributed by atoms with Crippen LogP contribution < -0.4 is 16.0 Å². The van der Waals surface area contributed by atoms with Crippen LogP contribution in [0.25, 0.3) is 0 Å². The molecule has 1 aliphatic carbocycles. The van der Waals surface area contributed by atoms with Gasteiger partial charge >= 0.3 is 0 Å². The van der Waals surface area contributed by atoms with E-state index in [4.69, 9.17) is 0 Å². The van der Waals surface area contributed by atoms with E-state index in [0.717, 1.165) is 41.2 Å². The summed E-state index contributed by atoms with van der Waals surface area (Å²) in [6.07, 6.45) is 5.75. The fraction of sp³-hybridized carbons (Fsp3) is 0.364. The number of ketones is 1. The molecule has 2 aromatic heterocycles. The zero-order valence-corrected chi connectivity index (χ0v) is 18.6. The maximum absolute atomic E-state index is 12.6. The highest BCUT2D eigenvalue weighted by atomic mass is 79.9. The maximum atomic E-state index is 12.6. The summed E-state index contributed by atoms with van der Waals surface area (Å²) in [6, 6.07) is 9.53. The van der Waals surface area contributed by atoms with Crippen molar-refractivity contribution in [1.82, 2.24) is 25.5 Å². The molecular formula is C22H24BrN7O. The molecule has 1 aromatic carbocycles. The quantitative estimate of drug-likeness (QED) is 0.350. The summed E-state index contributed by atoms with van der Waals surface area (Å²) >= 11 is 3.49. The van der Waals surface area contributed by atoms with Crippen LogP contribution in [0.4, 0.5) is 23.3 Å². The van der Waals surface area contributed by atoms with E-state index in [1.165, 1.54) is 12.8 Å². The first kappa shape index (κ1) is 20.1. The Morgan fingerprint density at radius 3 is 2.90 bits per heavy atom. The van der Waals surface area contributed by atoms with Crippen LogP contribution >= 0.6 is 15.9 Å². The minimum atomic E-state index is 0.168. The van der Waals surface area contributed by atoms with Crippen LogP contribution in [0.5, 0.6) is 0 Å². The molecule has 0 bridgehead atoms. The molecule has 160 valence electrons. The lowest BCUT2D eigenvalue weighted by molar-refractivity contribution is 0.0964. The first-order valence-electron chi connectivity index (χ1n) is 10.6. The fourth-order valence-electron chi connectivity index (χ4n) is 3.81. The zero-order valence-electron chi connectivity index (χ0n) is 17.0. The predicted molar refractivity (Wildman–Crippen MR) is 123 cm³/mol. The van der Waals surface area contributed by atoms with Crippen LogP contribution in [0.1, 0.15) is 47.7 Å². The first-order chi connectivity index (χ1) is 15.1. The van der Waals surface area contributed by atoms with Crippen molar-refractivity contribution in [3.05, 3.63) is 52.3 Å². The van der Waals surface area contributed by atoms with E-state index in [1.54, 1.807) is 6.20 Å². The second kappa shape index (κ2) is 8.76. The van der Waals surface area contributed by atoms with Gasteiger partial charge in [0.05, 0.1) is 4.47 Å². The fourth-order valence-corrected chi connectivity index (χ4v) is 4.10. The van der Waals surface area contributed by atoms with E-state index < -0.39 is 0 Å². The van der Waals surface area contributed by atoms with Gasteiger partial charge in [-0.15, -0.1) is 0 Å². The number of aromatic amines is 1. The molecule has 0 radical (unpaired) electrons. The Bertz CT molecular complexity index is 1090. The number of carbonyl (C=O) groups is 1. The predicted octanol–water partition coefficient (Wildman–Crippen LogP) is 4.51. The third-order valence-corrected chi connectivity index (χ3v) is 6.26. The Balaban J connectivity index is 1.28. The summed E-state index contributed by atoms with van der Waals surface area (Å²) in [4.78, 5) is 21.6. The number of hydrogen-bond donors (Lipinski definition) is 4. The molecule has 3 heterocycles. The van der Waals surface area contributed by atoms with Crippen molar-refractivity contribution in [3.8, 4) is 0 Å². The van der Waals surface area contributed by atoms with Gasteiger partial charge in [-0.2, -0.15) is 10.1 Å². The van der Waals surface area contributed by atoms with Gasteiger partial charge in [-0.3, -0.25) is 9.89 Å². The normalized spacial score (nSPS) is 18.2. The number of Topliss-reactive ketones (excluding diaryl/α,β-unsaturated/α-hetero) is 1. The summed E-state index contributed by atoms with van der Waals surface area (Å²) in [5.74, 6) is 2.98. The number of benzene rings is 1. The second-order valence-electron chi connectivity index (χ2n) is 8.19. The molecule has 31 heavy (non-hydrogen) atoms. The van der Waals surface area contributed by atoms with Gasteiger partial charge in [-0.05, 0) is 66.3 Å². The summed E-state index contributed by atoms with van der Waals surface area (Å²) in [7, 11) is 0. The molecule has 1 saturated carbocycles. The number of H-pyrrole nitrogens is 1. The number of rotatable bonds is 8. The Morgan fingerprint density at radius 1 is 1.19 bits per heavy atom. The third-order valence-electron chi connectivity index (χ3n) is 5.68. The highest BCUT2D eigenvalue weighted by molar-refractivity contribution is 9.10. The number of nitrogens with one attached hydrogen (secondary N) is 4. The van der Waals surface area contributed by atoms with Crippen molar-refractivity contribution in [2.45, 2.75) is 31.6 Å². The first-order valence-corrected chi connectivity index (χ1v) is 11.4. The van der Waals surface area contributed by atoms with Gasteiger partial charge in [0, 0.05) is 41.5 Å². The minimum absolute atomic E-state index is 0.168. The third kappa shape index (κ3) is 4.94. The lowest BCUT2D eigenvalue weighted by atomic mass is 9.97. The van der Waals surface area contributed by atoms with Crippen molar-refractivity contribution in [2.24, 2.45) is 5.92 Å². The van der Waals surface area contributed by atoms with E-state index in [2.05, 4.69) is 52.0 Å². The smallest absolute Gasteiger partial charge is 0.229 e. The Labute approximate surface area is 188 Å². The number of hydrogen-bond acceptors (Lipinski definition) is 7. The molecular weight excluding hydrogens is 458 g/mol. The van der Waals surface area contributed by atoms with Crippen molar-refractivity contribution < 1.29 is 4.79 Å². The maximum Gasteiger partial charge on any atom is 0.229 e. The lowest BCUT2D eigenvalue weighted by Crippen LogP contribution is -2.13.